The van der Waals surface area contributed by atoms with Crippen molar-refractivity contribution in [2.75, 3.05) is 24.9 Å². The molecule has 2 aromatic rings. The molecule has 30 heavy (non-hydrogen) atoms. The Hall–Kier alpha value is -2.96. The second-order valence-corrected chi connectivity index (χ2v) is 7.41. The number of carbonyl (C=O) groups is 2. The minimum Gasteiger partial charge on any atom is -0.496 e. The molecule has 2 aromatic carbocycles. The van der Waals surface area contributed by atoms with Crippen molar-refractivity contribution in [1.29, 1.82) is 0 Å². The van der Waals surface area contributed by atoms with Crippen LogP contribution in [0.25, 0.3) is 0 Å². The number of allylic oxidation sites excluding steroid dienone is 2. The molecule has 0 bridgehead atoms. The molecule has 3 rings (SSSR count). The number of anilines is 2. The molecule has 6 nitrogen and oxygen atoms in total. The van der Waals surface area contributed by atoms with Crippen molar-refractivity contribution in [3.05, 3.63) is 69.0 Å². The van der Waals surface area contributed by atoms with Crippen LogP contribution in [-0.4, -0.2) is 25.8 Å². The quantitative estimate of drug-likeness (QED) is 0.614. The number of ketones is 2. The molecule has 0 radical (unpaired) electrons. The molecule has 0 saturated carbocycles. The zero-order chi connectivity index (χ0) is 22.0. The Morgan fingerprint density at radius 3 is 1.37 bits per heavy atom. The van der Waals surface area contributed by atoms with Crippen molar-refractivity contribution >= 4 is 46.1 Å². The molecule has 1 aliphatic carbocycles. The third-order valence-electron chi connectivity index (χ3n) is 4.62. The van der Waals surface area contributed by atoms with E-state index >= 15 is 0 Å². The first kappa shape index (κ1) is 21.7. The van der Waals surface area contributed by atoms with Crippen molar-refractivity contribution in [1.82, 2.24) is 0 Å². The predicted molar refractivity (Wildman–Crippen MR) is 118 cm³/mol. The highest BCUT2D eigenvalue weighted by Gasteiger charge is 2.34. The number of rotatable bonds is 6. The van der Waals surface area contributed by atoms with Crippen molar-refractivity contribution in [3.8, 4) is 11.5 Å². The smallest absolute Gasteiger partial charge is 0.224 e. The summed E-state index contributed by atoms with van der Waals surface area (Å²) >= 11 is 12.5. The van der Waals surface area contributed by atoms with Gasteiger partial charge in [-0.05, 0) is 61.4 Å². The zero-order valence-corrected chi connectivity index (χ0v) is 18.4. The predicted octanol–water partition coefficient (Wildman–Crippen LogP) is 4.90. The lowest BCUT2D eigenvalue weighted by Crippen LogP contribution is -2.27. The zero-order valence-electron chi connectivity index (χ0n) is 16.9. The van der Waals surface area contributed by atoms with E-state index in [2.05, 4.69) is 10.6 Å². The molecule has 156 valence electrons. The maximum Gasteiger partial charge on any atom is 0.224 e. The molecule has 0 unspecified atom stereocenters. The Morgan fingerprint density at radius 1 is 0.700 bits per heavy atom. The van der Waals surface area contributed by atoms with Gasteiger partial charge in [0.2, 0.25) is 11.6 Å². The maximum atomic E-state index is 12.8. The standard InChI is InChI=1S/C22H20Cl2N2O4/c1-11-9-13(5-7-15(11)29-3)25-19-17(23)22(28)20(18(24)21(19)27)26-14-6-8-16(30-4)12(2)10-14/h5-10,25-26H,1-4H3. The van der Waals surface area contributed by atoms with Gasteiger partial charge >= 0.3 is 0 Å². The van der Waals surface area contributed by atoms with Gasteiger partial charge in [0.15, 0.2) is 0 Å². The first-order chi connectivity index (χ1) is 14.3. The normalized spacial score (nSPS) is 14.2. The molecule has 0 amide bonds. The fourth-order valence-electron chi connectivity index (χ4n) is 3.07. The number of ether oxygens (including phenoxy) is 2. The van der Waals surface area contributed by atoms with Crippen molar-refractivity contribution < 1.29 is 19.1 Å². The highest BCUT2D eigenvalue weighted by molar-refractivity contribution is 6.56. The van der Waals surface area contributed by atoms with Gasteiger partial charge in [-0.2, -0.15) is 0 Å². The number of aryl methyl sites for hydroxylation is 2. The third kappa shape index (κ3) is 4.15. The van der Waals surface area contributed by atoms with Gasteiger partial charge in [0.05, 0.1) is 14.2 Å². The molecule has 2 N–H and O–H groups in total. The molecular formula is C22H20Cl2N2O4. The van der Waals surface area contributed by atoms with E-state index in [-0.39, 0.29) is 21.5 Å². The molecule has 1 aliphatic rings. The molecule has 0 spiro atoms. The lowest BCUT2D eigenvalue weighted by Gasteiger charge is -2.21. The number of hydrogen-bond donors (Lipinski definition) is 2. The van der Waals surface area contributed by atoms with Crippen LogP contribution in [0.5, 0.6) is 11.5 Å². The lowest BCUT2D eigenvalue weighted by molar-refractivity contribution is -0.115. The van der Waals surface area contributed by atoms with E-state index in [1.165, 1.54) is 0 Å². The van der Waals surface area contributed by atoms with Gasteiger partial charge in [0.25, 0.3) is 0 Å². The van der Waals surface area contributed by atoms with E-state index < -0.39 is 11.6 Å². The van der Waals surface area contributed by atoms with Crippen molar-refractivity contribution in [2.24, 2.45) is 0 Å². The minimum absolute atomic E-state index is 0.0762. The minimum atomic E-state index is -0.581. The van der Waals surface area contributed by atoms with E-state index in [1.54, 1.807) is 50.6 Å². The summed E-state index contributed by atoms with van der Waals surface area (Å²) in [6.45, 7) is 3.72. The Labute approximate surface area is 184 Å². The summed E-state index contributed by atoms with van der Waals surface area (Å²) in [7, 11) is 3.14. The highest BCUT2D eigenvalue weighted by atomic mass is 35.5. The molecule has 0 heterocycles. The fourth-order valence-corrected chi connectivity index (χ4v) is 3.53. The van der Waals surface area contributed by atoms with Gasteiger partial charge in [-0.1, -0.05) is 23.2 Å². The summed E-state index contributed by atoms with van der Waals surface area (Å²) in [4.78, 5) is 25.7. The monoisotopic (exact) mass is 446 g/mol. The summed E-state index contributed by atoms with van der Waals surface area (Å²) in [6, 6.07) is 10.5. The summed E-state index contributed by atoms with van der Waals surface area (Å²) < 4.78 is 10.5. The van der Waals surface area contributed by atoms with Crippen molar-refractivity contribution in [3.63, 3.8) is 0 Å². The Bertz CT molecular complexity index is 1020. The van der Waals surface area contributed by atoms with Gasteiger partial charge in [0.1, 0.15) is 33.0 Å². The number of methoxy groups -OCH3 is 2. The Balaban J connectivity index is 1.88. The van der Waals surface area contributed by atoms with E-state index in [1.807, 2.05) is 13.8 Å². The Kier molecular flexibility index (Phi) is 6.39. The van der Waals surface area contributed by atoms with Crippen LogP contribution >= 0.6 is 23.2 Å². The molecule has 0 saturated heterocycles. The van der Waals surface area contributed by atoms with Crippen molar-refractivity contribution in [2.45, 2.75) is 13.8 Å². The van der Waals surface area contributed by atoms with Crippen LogP contribution in [0.4, 0.5) is 11.4 Å². The van der Waals surface area contributed by atoms with Crippen LogP contribution in [0.15, 0.2) is 57.9 Å². The number of Topliss-reactive ketones (excluding diaryl/α,β-unsaturated/α-hetero) is 2. The molecule has 0 fully saturated rings. The topological polar surface area (TPSA) is 76.7 Å². The Morgan fingerprint density at radius 2 is 1.07 bits per heavy atom. The van der Waals surface area contributed by atoms with Crippen LogP contribution < -0.4 is 20.1 Å². The molecule has 8 heteroatoms. The first-order valence-corrected chi connectivity index (χ1v) is 9.74. The largest absolute Gasteiger partial charge is 0.496 e. The van der Waals surface area contributed by atoms with Gasteiger partial charge in [-0.3, -0.25) is 9.59 Å². The molecular weight excluding hydrogens is 427 g/mol. The van der Waals surface area contributed by atoms with Crippen LogP contribution in [0.1, 0.15) is 11.1 Å². The maximum absolute atomic E-state index is 12.8. The number of hydrogen-bond acceptors (Lipinski definition) is 6. The molecule has 0 aliphatic heterocycles. The summed E-state index contributed by atoms with van der Waals surface area (Å²) in [5.74, 6) is 0.238. The highest BCUT2D eigenvalue weighted by Crippen LogP contribution is 2.32. The SMILES string of the molecule is COc1ccc(NC2=C(Cl)C(=O)C(Nc3ccc(OC)c(C)c3)=C(Cl)C2=O)cc1C. The van der Waals surface area contributed by atoms with E-state index in [4.69, 9.17) is 32.7 Å². The number of halogens is 2. The average molecular weight is 447 g/mol. The van der Waals surface area contributed by atoms with Gasteiger partial charge in [-0.15, -0.1) is 0 Å². The first-order valence-electron chi connectivity index (χ1n) is 8.99. The molecule has 0 atom stereocenters. The summed E-state index contributed by atoms with van der Waals surface area (Å²) in [5.41, 5.74) is 2.71. The van der Waals surface area contributed by atoms with Gasteiger partial charge in [-0.25, -0.2) is 0 Å². The number of nitrogens with one attached hydrogen (secondary N) is 2. The summed E-state index contributed by atoms with van der Waals surface area (Å²) in [5, 5.41) is 5.31. The van der Waals surface area contributed by atoms with E-state index in [0.717, 1.165) is 11.1 Å². The molecule has 0 aromatic heterocycles. The second-order valence-electron chi connectivity index (χ2n) is 6.66. The van der Waals surface area contributed by atoms with E-state index in [9.17, 15) is 9.59 Å². The third-order valence-corrected chi connectivity index (χ3v) is 5.34. The van der Waals surface area contributed by atoms with Gasteiger partial charge in [0, 0.05) is 11.4 Å². The van der Waals surface area contributed by atoms with Crippen LogP contribution in [-0.2, 0) is 9.59 Å². The van der Waals surface area contributed by atoms with Crippen LogP contribution in [0.2, 0.25) is 0 Å². The summed E-state index contributed by atoms with van der Waals surface area (Å²) in [6.07, 6.45) is 0. The van der Waals surface area contributed by atoms with Crippen LogP contribution in [0, 0.1) is 13.8 Å². The van der Waals surface area contributed by atoms with E-state index in [0.29, 0.717) is 22.9 Å². The lowest BCUT2D eigenvalue weighted by atomic mass is 10.0. The fraction of sp³-hybridized carbons (Fsp3) is 0.182. The average Bonchev–Trinajstić information content (AvgIpc) is 2.73. The number of carbonyl (C=O) groups excluding carboxylic acids is 2. The van der Waals surface area contributed by atoms with Crippen LogP contribution in [0.3, 0.4) is 0 Å². The number of benzene rings is 2. The van der Waals surface area contributed by atoms with Gasteiger partial charge < -0.3 is 20.1 Å². The second kappa shape index (κ2) is 8.81.